The summed E-state index contributed by atoms with van der Waals surface area (Å²) < 4.78 is 34.7. The minimum Gasteiger partial charge on any atom is -0.490 e. The minimum atomic E-state index is -3.64. The number of benzene rings is 2. The van der Waals surface area contributed by atoms with Crippen molar-refractivity contribution in [2.75, 3.05) is 19.8 Å². The van der Waals surface area contributed by atoms with E-state index in [2.05, 4.69) is 21.2 Å². The van der Waals surface area contributed by atoms with Crippen LogP contribution in [0, 0.1) is 0 Å². The molecule has 0 saturated heterocycles. The Morgan fingerprint density at radius 1 is 1.04 bits per heavy atom. The fourth-order valence-corrected chi connectivity index (χ4v) is 3.70. The van der Waals surface area contributed by atoms with Gasteiger partial charge in [0.1, 0.15) is 0 Å². The summed E-state index contributed by atoms with van der Waals surface area (Å²) in [6.45, 7) is 6.45. The number of sulfonamides is 1. The smallest absolute Gasteiger partial charge is 0.238 e. The van der Waals surface area contributed by atoms with Gasteiger partial charge in [0.2, 0.25) is 10.0 Å². The summed E-state index contributed by atoms with van der Waals surface area (Å²) in [4.78, 5) is 0.127. The molecule has 0 amide bonds. The number of halogens is 1. The predicted octanol–water partition coefficient (Wildman–Crippen LogP) is 3.23. The summed E-state index contributed by atoms with van der Waals surface area (Å²) in [6, 6.07) is 10.6. The number of nitrogens with one attached hydrogen (secondary N) is 1. The molecule has 2 aromatic carbocycles. The molecule has 0 fully saturated rings. The lowest BCUT2D eigenvalue weighted by Gasteiger charge is -2.15. The Labute approximate surface area is 169 Å². The van der Waals surface area contributed by atoms with E-state index in [9.17, 15) is 8.42 Å². The first-order chi connectivity index (χ1) is 12.8. The summed E-state index contributed by atoms with van der Waals surface area (Å²) in [5, 5.41) is 8.49. The summed E-state index contributed by atoms with van der Waals surface area (Å²) in [7, 11) is -3.64. The van der Waals surface area contributed by atoms with Crippen LogP contribution in [0.4, 0.5) is 0 Å². The zero-order valence-electron chi connectivity index (χ0n) is 15.5. The molecule has 0 aliphatic carbocycles. The Hall–Kier alpha value is -1.61. The molecular weight excluding hydrogens is 432 g/mol. The van der Waals surface area contributed by atoms with E-state index in [-0.39, 0.29) is 4.90 Å². The maximum absolute atomic E-state index is 11.3. The lowest BCUT2D eigenvalue weighted by atomic mass is 10.1. The Balaban J connectivity index is 1.93. The van der Waals surface area contributed by atoms with Gasteiger partial charge >= 0.3 is 0 Å². The highest BCUT2D eigenvalue weighted by molar-refractivity contribution is 9.10. The van der Waals surface area contributed by atoms with Crippen LogP contribution in [-0.2, 0) is 23.0 Å². The van der Waals surface area contributed by atoms with Crippen LogP contribution in [-0.4, -0.2) is 28.2 Å². The molecule has 0 aliphatic rings. The van der Waals surface area contributed by atoms with Gasteiger partial charge in [-0.2, -0.15) is 0 Å². The Morgan fingerprint density at radius 2 is 1.70 bits per heavy atom. The molecule has 0 spiro atoms. The lowest BCUT2D eigenvalue weighted by molar-refractivity contribution is 0.286. The monoisotopic (exact) mass is 456 g/mol. The molecule has 0 radical (unpaired) electrons. The third kappa shape index (κ3) is 6.49. The van der Waals surface area contributed by atoms with E-state index >= 15 is 0 Å². The molecule has 0 saturated carbocycles. The van der Waals surface area contributed by atoms with Crippen LogP contribution >= 0.6 is 15.9 Å². The van der Waals surface area contributed by atoms with Crippen molar-refractivity contribution in [3.05, 3.63) is 52.0 Å². The van der Waals surface area contributed by atoms with E-state index in [0.29, 0.717) is 19.8 Å². The molecule has 2 aromatic rings. The van der Waals surface area contributed by atoms with E-state index in [1.807, 2.05) is 26.0 Å². The number of hydrogen-bond donors (Lipinski definition) is 2. The summed E-state index contributed by atoms with van der Waals surface area (Å²) >= 11 is 3.55. The normalized spacial score (nSPS) is 11.4. The predicted molar refractivity (Wildman–Crippen MR) is 110 cm³/mol. The van der Waals surface area contributed by atoms with Crippen molar-refractivity contribution >= 4 is 26.0 Å². The second-order valence-corrected chi connectivity index (χ2v) is 8.30. The van der Waals surface area contributed by atoms with Gasteiger partial charge in [-0.15, -0.1) is 0 Å². The van der Waals surface area contributed by atoms with Gasteiger partial charge in [-0.1, -0.05) is 12.1 Å². The van der Waals surface area contributed by atoms with Crippen LogP contribution in [0.2, 0.25) is 0 Å². The highest BCUT2D eigenvalue weighted by atomic mass is 79.9. The van der Waals surface area contributed by atoms with Crippen molar-refractivity contribution in [1.29, 1.82) is 0 Å². The van der Waals surface area contributed by atoms with Crippen molar-refractivity contribution < 1.29 is 17.9 Å². The zero-order valence-corrected chi connectivity index (χ0v) is 17.9. The Morgan fingerprint density at radius 3 is 2.30 bits per heavy atom. The van der Waals surface area contributed by atoms with E-state index in [1.165, 1.54) is 12.1 Å². The van der Waals surface area contributed by atoms with Gasteiger partial charge in [-0.05, 0) is 78.1 Å². The first-order valence-corrected chi connectivity index (χ1v) is 11.1. The highest BCUT2D eigenvalue weighted by Crippen LogP contribution is 2.36. The molecule has 148 valence electrons. The van der Waals surface area contributed by atoms with E-state index in [0.717, 1.165) is 40.1 Å². The van der Waals surface area contributed by atoms with Gasteiger partial charge in [-0.3, -0.25) is 0 Å². The molecule has 8 heteroatoms. The largest absolute Gasteiger partial charge is 0.490 e. The van der Waals surface area contributed by atoms with Gasteiger partial charge in [0.05, 0.1) is 22.6 Å². The summed E-state index contributed by atoms with van der Waals surface area (Å²) in [5.41, 5.74) is 2.12. The molecule has 0 heterocycles. The second-order valence-electron chi connectivity index (χ2n) is 5.89. The maximum Gasteiger partial charge on any atom is 0.238 e. The lowest BCUT2D eigenvalue weighted by Crippen LogP contribution is -2.17. The van der Waals surface area contributed by atoms with Crippen molar-refractivity contribution in [3.8, 4) is 11.5 Å². The van der Waals surface area contributed by atoms with Crippen molar-refractivity contribution in [1.82, 2.24) is 5.32 Å². The fourth-order valence-electron chi connectivity index (χ4n) is 2.58. The van der Waals surface area contributed by atoms with E-state index < -0.39 is 10.0 Å². The van der Waals surface area contributed by atoms with Gasteiger partial charge in [0, 0.05) is 6.54 Å². The third-order valence-electron chi connectivity index (χ3n) is 3.83. The zero-order chi connectivity index (χ0) is 19.9. The minimum absolute atomic E-state index is 0.127. The quantitative estimate of drug-likeness (QED) is 0.535. The number of nitrogens with two attached hydrogens (primary N) is 1. The van der Waals surface area contributed by atoms with Crippen LogP contribution in [0.15, 0.2) is 45.8 Å². The van der Waals surface area contributed by atoms with Gasteiger partial charge in [-0.25, -0.2) is 13.6 Å². The van der Waals surface area contributed by atoms with Crippen molar-refractivity contribution in [2.45, 2.75) is 31.7 Å². The number of ether oxygens (including phenoxy) is 2. The maximum atomic E-state index is 11.3. The van der Waals surface area contributed by atoms with Gasteiger partial charge in [0.15, 0.2) is 11.5 Å². The van der Waals surface area contributed by atoms with Crippen molar-refractivity contribution in [2.24, 2.45) is 5.14 Å². The van der Waals surface area contributed by atoms with Crippen LogP contribution in [0.1, 0.15) is 25.0 Å². The van der Waals surface area contributed by atoms with Crippen LogP contribution in [0.25, 0.3) is 0 Å². The molecule has 3 N–H and O–H groups in total. The Kier molecular flexibility index (Phi) is 8.09. The van der Waals surface area contributed by atoms with E-state index in [1.54, 1.807) is 12.1 Å². The second kappa shape index (κ2) is 10.1. The molecule has 0 aliphatic heterocycles. The molecule has 6 nitrogen and oxygen atoms in total. The SMILES string of the molecule is CCOc1cc(CNCCc2ccc(S(N)(=O)=O)cc2)cc(Br)c1OCC. The van der Waals surface area contributed by atoms with Crippen LogP contribution in [0.5, 0.6) is 11.5 Å². The van der Waals surface area contributed by atoms with Gasteiger partial charge < -0.3 is 14.8 Å². The number of rotatable bonds is 10. The molecule has 0 bridgehead atoms. The average molecular weight is 457 g/mol. The summed E-state index contributed by atoms with van der Waals surface area (Å²) in [6.07, 6.45) is 0.779. The molecule has 27 heavy (non-hydrogen) atoms. The van der Waals surface area contributed by atoms with Crippen LogP contribution in [0.3, 0.4) is 0 Å². The standard InChI is InChI=1S/C19H25BrN2O4S/c1-3-25-18-12-15(11-17(20)19(18)26-4-2)13-22-10-9-14-5-7-16(8-6-14)27(21,23)24/h5-8,11-12,22H,3-4,9-10,13H2,1-2H3,(H2,21,23,24). The number of hydrogen-bond acceptors (Lipinski definition) is 5. The van der Waals surface area contributed by atoms with Crippen molar-refractivity contribution in [3.63, 3.8) is 0 Å². The first kappa shape index (κ1) is 21.7. The molecule has 0 atom stereocenters. The first-order valence-electron chi connectivity index (χ1n) is 8.75. The van der Waals surface area contributed by atoms with Crippen LogP contribution < -0.4 is 19.9 Å². The topological polar surface area (TPSA) is 90.6 Å². The highest BCUT2D eigenvalue weighted by Gasteiger charge is 2.12. The summed E-state index contributed by atoms with van der Waals surface area (Å²) in [5.74, 6) is 1.45. The molecular formula is C19H25BrN2O4S. The Bertz CT molecular complexity index is 855. The molecule has 2 rings (SSSR count). The number of primary sulfonamides is 1. The molecule has 0 unspecified atom stereocenters. The average Bonchev–Trinajstić information content (AvgIpc) is 2.61. The fraction of sp³-hybridized carbons (Fsp3) is 0.368. The van der Waals surface area contributed by atoms with Gasteiger partial charge in [0.25, 0.3) is 0 Å². The third-order valence-corrected chi connectivity index (χ3v) is 5.35. The van der Waals surface area contributed by atoms with E-state index in [4.69, 9.17) is 14.6 Å². The molecule has 0 aromatic heterocycles.